The maximum Gasteiger partial charge on any atom is 0.140 e. The van der Waals surface area contributed by atoms with Crippen LogP contribution in [-0.4, -0.2) is 14.1 Å². The standard InChI is InChI=1S/C37H19N5S/c38-20-22-12-15-31-27(18-22)25-7-2-3-8-29(25)41(31)34-10-5-11-35(40-34)42-30-9-4-1-6-24(30)26-14-17-33-36(37(26)42)28-19-23(21-39)13-16-32(28)43-33/h1-19H. The first kappa shape index (κ1) is 23.7. The van der Waals surface area contributed by atoms with Crippen LogP contribution in [0.25, 0.3) is 75.4 Å². The van der Waals surface area contributed by atoms with Crippen molar-refractivity contribution < 1.29 is 0 Å². The zero-order chi connectivity index (χ0) is 28.7. The Morgan fingerprint density at radius 1 is 0.512 bits per heavy atom. The first-order chi connectivity index (χ1) is 21.2. The van der Waals surface area contributed by atoms with Gasteiger partial charge in [0.05, 0.1) is 45.3 Å². The number of thiophene rings is 1. The summed E-state index contributed by atoms with van der Waals surface area (Å²) in [6.45, 7) is 0. The van der Waals surface area contributed by atoms with Gasteiger partial charge in [0.25, 0.3) is 0 Å². The molecule has 5 aromatic carbocycles. The smallest absolute Gasteiger partial charge is 0.140 e. The van der Waals surface area contributed by atoms with Crippen molar-refractivity contribution in [3.05, 3.63) is 126 Å². The Morgan fingerprint density at radius 2 is 1.12 bits per heavy atom. The predicted octanol–water partition coefficient (Wildman–Crippen LogP) is 9.39. The lowest BCUT2D eigenvalue weighted by atomic mass is 10.1. The third kappa shape index (κ3) is 3.27. The van der Waals surface area contributed by atoms with Crippen LogP contribution in [0.2, 0.25) is 0 Å². The molecule has 5 nitrogen and oxygen atoms in total. The van der Waals surface area contributed by atoms with Crippen LogP contribution >= 0.6 is 11.3 Å². The van der Waals surface area contributed by atoms with Crippen molar-refractivity contribution in [1.29, 1.82) is 10.5 Å². The van der Waals surface area contributed by atoms with Crippen LogP contribution < -0.4 is 0 Å². The highest BCUT2D eigenvalue weighted by Crippen LogP contribution is 2.43. The van der Waals surface area contributed by atoms with E-state index in [-0.39, 0.29) is 0 Å². The molecule has 4 aromatic heterocycles. The number of aromatic nitrogens is 3. The van der Waals surface area contributed by atoms with Crippen molar-refractivity contribution in [1.82, 2.24) is 14.1 Å². The topological polar surface area (TPSA) is 70.3 Å². The summed E-state index contributed by atoms with van der Waals surface area (Å²) < 4.78 is 6.77. The number of para-hydroxylation sites is 2. The number of pyridine rings is 1. The SMILES string of the molecule is N#Cc1ccc2sc3ccc4c5ccccc5n(-c5cccc(-n6c7ccccc7c7cc(C#N)ccc76)n5)c4c3c2c1. The van der Waals surface area contributed by atoms with Crippen molar-refractivity contribution >= 4 is 75.1 Å². The van der Waals surface area contributed by atoms with Crippen LogP contribution in [0.15, 0.2) is 115 Å². The molecular weight excluding hydrogens is 547 g/mol. The Labute approximate surface area is 249 Å². The third-order valence-corrected chi connectivity index (χ3v) is 9.51. The second-order valence-corrected chi connectivity index (χ2v) is 11.7. The van der Waals surface area contributed by atoms with Crippen LogP contribution in [-0.2, 0) is 0 Å². The molecule has 0 aliphatic rings. The van der Waals surface area contributed by atoms with Gasteiger partial charge in [-0.2, -0.15) is 10.5 Å². The highest BCUT2D eigenvalue weighted by molar-refractivity contribution is 7.26. The van der Waals surface area contributed by atoms with E-state index in [0.717, 1.165) is 70.7 Å². The zero-order valence-corrected chi connectivity index (χ0v) is 23.4. The lowest BCUT2D eigenvalue weighted by Crippen LogP contribution is -2.03. The third-order valence-electron chi connectivity index (χ3n) is 8.38. The van der Waals surface area contributed by atoms with Gasteiger partial charge in [0.2, 0.25) is 0 Å². The molecule has 0 spiro atoms. The van der Waals surface area contributed by atoms with Gasteiger partial charge in [0.15, 0.2) is 0 Å². The molecule has 9 rings (SSSR count). The summed E-state index contributed by atoms with van der Waals surface area (Å²) in [7, 11) is 0. The number of hydrogen-bond donors (Lipinski definition) is 0. The number of benzene rings is 5. The summed E-state index contributed by atoms with van der Waals surface area (Å²) in [5, 5.41) is 25.9. The molecule has 43 heavy (non-hydrogen) atoms. The van der Waals surface area contributed by atoms with Crippen molar-refractivity contribution in [2.24, 2.45) is 0 Å². The van der Waals surface area contributed by atoms with E-state index in [9.17, 15) is 10.5 Å². The summed E-state index contributed by atoms with van der Waals surface area (Å²) in [6.07, 6.45) is 0. The molecule has 0 saturated heterocycles. The zero-order valence-electron chi connectivity index (χ0n) is 22.6. The van der Waals surface area contributed by atoms with Crippen LogP contribution in [0, 0.1) is 22.7 Å². The van der Waals surface area contributed by atoms with E-state index in [1.54, 1.807) is 11.3 Å². The van der Waals surface area contributed by atoms with Crippen LogP contribution in [0.3, 0.4) is 0 Å². The number of nitriles is 2. The Balaban J connectivity index is 1.40. The van der Waals surface area contributed by atoms with Gasteiger partial charge >= 0.3 is 0 Å². The fourth-order valence-electron chi connectivity index (χ4n) is 6.58. The van der Waals surface area contributed by atoms with Gasteiger partial charge in [-0.05, 0) is 66.7 Å². The molecule has 198 valence electrons. The average molecular weight is 566 g/mol. The van der Waals surface area contributed by atoms with Crippen LogP contribution in [0.5, 0.6) is 0 Å². The molecule has 9 aromatic rings. The largest absolute Gasteiger partial charge is 0.294 e. The average Bonchev–Trinajstić information content (AvgIpc) is 3.71. The van der Waals surface area contributed by atoms with Crippen LogP contribution in [0.4, 0.5) is 0 Å². The highest BCUT2D eigenvalue weighted by Gasteiger charge is 2.20. The van der Waals surface area contributed by atoms with Gasteiger partial charge in [0, 0.05) is 41.7 Å². The summed E-state index contributed by atoms with van der Waals surface area (Å²) in [5.41, 5.74) is 5.49. The Kier molecular flexibility index (Phi) is 4.84. The molecule has 4 heterocycles. The van der Waals surface area contributed by atoms with Crippen molar-refractivity contribution in [2.45, 2.75) is 0 Å². The number of fused-ring (bicyclic) bond motifs is 10. The van der Waals surface area contributed by atoms with Crippen LogP contribution in [0.1, 0.15) is 11.1 Å². The van der Waals surface area contributed by atoms with Gasteiger partial charge in [0.1, 0.15) is 11.6 Å². The fraction of sp³-hybridized carbons (Fsp3) is 0. The minimum Gasteiger partial charge on any atom is -0.294 e. The summed E-state index contributed by atoms with van der Waals surface area (Å²) >= 11 is 1.75. The van der Waals surface area contributed by atoms with Gasteiger partial charge in [-0.1, -0.05) is 48.5 Å². The molecule has 0 atom stereocenters. The lowest BCUT2D eigenvalue weighted by Gasteiger charge is -2.12. The lowest BCUT2D eigenvalue weighted by molar-refractivity contribution is 1.02. The van der Waals surface area contributed by atoms with Gasteiger partial charge < -0.3 is 0 Å². The molecule has 0 fully saturated rings. The van der Waals surface area contributed by atoms with E-state index >= 15 is 0 Å². The first-order valence-electron chi connectivity index (χ1n) is 13.9. The van der Waals surface area contributed by atoms with E-state index in [1.807, 2.05) is 48.5 Å². The molecule has 0 aliphatic heterocycles. The number of rotatable bonds is 2. The van der Waals surface area contributed by atoms with Crippen molar-refractivity contribution in [3.8, 4) is 23.8 Å². The Bertz CT molecular complexity index is 2710. The monoisotopic (exact) mass is 565 g/mol. The number of nitrogens with zero attached hydrogens (tertiary/aromatic N) is 5. The maximum atomic E-state index is 9.69. The first-order valence-corrected chi connectivity index (χ1v) is 14.7. The normalized spacial score (nSPS) is 11.7. The van der Waals surface area contributed by atoms with Gasteiger partial charge in [-0.15, -0.1) is 11.3 Å². The van der Waals surface area contributed by atoms with Crippen molar-refractivity contribution in [2.75, 3.05) is 0 Å². The van der Waals surface area contributed by atoms with Crippen molar-refractivity contribution in [3.63, 3.8) is 0 Å². The minimum atomic E-state index is 0.633. The predicted molar refractivity (Wildman–Crippen MR) is 175 cm³/mol. The van der Waals surface area contributed by atoms with Gasteiger partial charge in [-0.25, -0.2) is 4.98 Å². The molecule has 0 unspecified atom stereocenters. The molecule has 0 aliphatic carbocycles. The van der Waals surface area contributed by atoms with E-state index < -0.39 is 0 Å². The number of hydrogen-bond acceptors (Lipinski definition) is 4. The van der Waals surface area contributed by atoms with Gasteiger partial charge in [-0.3, -0.25) is 9.13 Å². The van der Waals surface area contributed by atoms with E-state index in [0.29, 0.717) is 11.1 Å². The van der Waals surface area contributed by atoms with E-state index in [4.69, 9.17) is 4.98 Å². The maximum absolute atomic E-state index is 9.69. The fourth-order valence-corrected chi connectivity index (χ4v) is 7.66. The molecule has 0 amide bonds. The Morgan fingerprint density at radius 3 is 1.88 bits per heavy atom. The molecule has 0 N–H and O–H groups in total. The molecular formula is C37H19N5S. The molecule has 0 radical (unpaired) electrons. The summed E-state index contributed by atoms with van der Waals surface area (Å²) in [5.74, 6) is 1.61. The summed E-state index contributed by atoms with van der Waals surface area (Å²) in [4.78, 5) is 5.32. The van der Waals surface area contributed by atoms with E-state index in [1.165, 1.54) is 4.70 Å². The highest BCUT2D eigenvalue weighted by atomic mass is 32.1. The molecule has 0 bridgehead atoms. The second-order valence-electron chi connectivity index (χ2n) is 10.7. The second kappa shape index (κ2) is 8.77. The molecule has 6 heteroatoms. The minimum absolute atomic E-state index is 0.633. The summed E-state index contributed by atoms with van der Waals surface area (Å²) in [6, 6.07) is 43.7. The Hall–Kier alpha value is -5.95. The quantitative estimate of drug-likeness (QED) is 0.210. The molecule has 0 saturated carbocycles. The van der Waals surface area contributed by atoms with E-state index in [2.05, 4.69) is 88.0 Å².